The molecule has 0 aliphatic rings. The number of carbonyl (C=O) groups is 2. The number of amides is 1. The molecule has 0 aliphatic heterocycles. The number of ether oxygens (including phenoxy) is 1. The van der Waals surface area contributed by atoms with E-state index in [9.17, 15) is 9.59 Å². The van der Waals surface area contributed by atoms with Crippen LogP contribution in [0.25, 0.3) is 0 Å². The van der Waals surface area contributed by atoms with Crippen LogP contribution in [0.1, 0.15) is 0 Å². The van der Waals surface area contributed by atoms with Gasteiger partial charge in [-0.3, -0.25) is 10.0 Å². The second kappa shape index (κ2) is 3.62. The number of hydrogen-bond acceptors (Lipinski definition) is 4. The summed E-state index contributed by atoms with van der Waals surface area (Å²) in [5.41, 5.74) is -0.419. The molecule has 0 aromatic rings. The van der Waals surface area contributed by atoms with Crippen LogP contribution in [0.2, 0.25) is 0 Å². The number of nitrogens with zero attached hydrogens (tertiary/aromatic N) is 1. The van der Waals surface area contributed by atoms with Crippen molar-refractivity contribution < 1.29 is 19.5 Å². The fourth-order valence-electron chi connectivity index (χ4n) is 0.275. The van der Waals surface area contributed by atoms with Crippen molar-refractivity contribution in [2.45, 2.75) is 0 Å². The van der Waals surface area contributed by atoms with Crippen LogP contribution in [0.4, 0.5) is 0 Å². The predicted octanol–water partition coefficient (Wildman–Crippen LogP) is -0.479. The van der Waals surface area contributed by atoms with Crippen molar-refractivity contribution >= 4 is 12.4 Å². The van der Waals surface area contributed by atoms with Crippen molar-refractivity contribution in [3.05, 3.63) is 12.3 Å². The van der Waals surface area contributed by atoms with Gasteiger partial charge in [-0.2, -0.15) is 5.06 Å². The van der Waals surface area contributed by atoms with Crippen LogP contribution in [-0.4, -0.2) is 29.8 Å². The van der Waals surface area contributed by atoms with Crippen molar-refractivity contribution in [1.82, 2.24) is 5.06 Å². The van der Waals surface area contributed by atoms with E-state index >= 15 is 0 Å². The smallest absolute Gasteiger partial charge is 0.356 e. The quantitative estimate of drug-likeness (QED) is 0.191. The van der Waals surface area contributed by atoms with E-state index in [0.717, 1.165) is 7.11 Å². The zero-order valence-electron chi connectivity index (χ0n) is 5.40. The largest absolute Gasteiger partial charge is 0.464 e. The standard InChI is InChI=1S/C5H7NO4/c1-4(5(8)10-2)6(9)3-7/h3,9H,1H2,2H3. The van der Waals surface area contributed by atoms with E-state index in [1.807, 2.05) is 0 Å². The Morgan fingerprint density at radius 2 is 2.30 bits per heavy atom. The minimum absolute atomic E-state index is 0.0409. The monoisotopic (exact) mass is 145 g/mol. The number of hydrogen-bond donors (Lipinski definition) is 1. The highest BCUT2D eigenvalue weighted by molar-refractivity contribution is 5.88. The first-order valence-electron chi connectivity index (χ1n) is 2.34. The molecule has 0 atom stereocenters. The Balaban J connectivity index is 4.07. The third-order valence-corrected chi connectivity index (χ3v) is 0.797. The van der Waals surface area contributed by atoms with Crippen LogP contribution in [0.3, 0.4) is 0 Å². The van der Waals surface area contributed by atoms with Crippen LogP contribution in [-0.2, 0) is 14.3 Å². The lowest BCUT2D eigenvalue weighted by Gasteiger charge is -2.07. The van der Waals surface area contributed by atoms with E-state index in [0.29, 0.717) is 0 Å². The molecule has 0 heterocycles. The summed E-state index contributed by atoms with van der Waals surface area (Å²) in [5.74, 6) is -0.852. The Kier molecular flexibility index (Phi) is 3.13. The van der Waals surface area contributed by atoms with Gasteiger partial charge in [0.25, 0.3) is 0 Å². The highest BCUT2D eigenvalue weighted by Gasteiger charge is 2.11. The van der Waals surface area contributed by atoms with Crippen LogP contribution >= 0.6 is 0 Å². The molecule has 0 bridgehead atoms. The predicted molar refractivity (Wildman–Crippen MR) is 30.8 cm³/mol. The van der Waals surface area contributed by atoms with Crippen molar-refractivity contribution in [2.75, 3.05) is 7.11 Å². The highest BCUT2D eigenvalue weighted by Crippen LogP contribution is 1.95. The van der Waals surface area contributed by atoms with Crippen LogP contribution in [0.5, 0.6) is 0 Å². The maximum Gasteiger partial charge on any atom is 0.356 e. The first-order chi connectivity index (χ1) is 4.63. The van der Waals surface area contributed by atoms with Crippen molar-refractivity contribution in [1.29, 1.82) is 0 Å². The lowest BCUT2D eigenvalue weighted by molar-refractivity contribution is -0.154. The average Bonchev–Trinajstić information content (AvgIpc) is 2.00. The molecule has 0 aromatic carbocycles. The van der Waals surface area contributed by atoms with Gasteiger partial charge in [0.1, 0.15) is 5.70 Å². The lowest BCUT2D eigenvalue weighted by atomic mass is 10.5. The Morgan fingerprint density at radius 1 is 1.80 bits per heavy atom. The van der Waals surface area contributed by atoms with Crippen LogP contribution in [0.15, 0.2) is 12.3 Å². The molecule has 56 valence electrons. The van der Waals surface area contributed by atoms with Gasteiger partial charge in [-0.25, -0.2) is 4.79 Å². The number of esters is 1. The molecule has 0 unspecified atom stereocenters. The van der Waals surface area contributed by atoms with E-state index < -0.39 is 11.7 Å². The minimum Gasteiger partial charge on any atom is -0.464 e. The molecule has 1 amide bonds. The van der Waals surface area contributed by atoms with Gasteiger partial charge in [0.05, 0.1) is 7.11 Å². The Morgan fingerprint density at radius 3 is 2.60 bits per heavy atom. The molecule has 0 saturated heterocycles. The molecule has 0 spiro atoms. The topological polar surface area (TPSA) is 66.8 Å². The second-order valence-corrected chi connectivity index (χ2v) is 1.39. The van der Waals surface area contributed by atoms with Gasteiger partial charge < -0.3 is 4.74 Å². The maximum atomic E-state index is 10.4. The van der Waals surface area contributed by atoms with Gasteiger partial charge in [-0.15, -0.1) is 0 Å². The van der Waals surface area contributed by atoms with Gasteiger partial charge in [-0.1, -0.05) is 6.58 Å². The fourth-order valence-corrected chi connectivity index (χ4v) is 0.275. The molecule has 0 aromatic heterocycles. The molecular weight excluding hydrogens is 138 g/mol. The summed E-state index contributed by atoms with van der Waals surface area (Å²) in [5, 5.41) is 8.54. The summed E-state index contributed by atoms with van der Waals surface area (Å²) >= 11 is 0. The summed E-state index contributed by atoms with van der Waals surface area (Å²) in [6.45, 7) is 3.07. The Hall–Kier alpha value is -1.36. The van der Waals surface area contributed by atoms with E-state index in [4.69, 9.17) is 5.21 Å². The van der Waals surface area contributed by atoms with Crippen molar-refractivity contribution in [2.24, 2.45) is 0 Å². The lowest BCUT2D eigenvalue weighted by Crippen LogP contribution is -2.22. The van der Waals surface area contributed by atoms with Gasteiger partial charge in [0, 0.05) is 0 Å². The van der Waals surface area contributed by atoms with E-state index in [2.05, 4.69) is 11.3 Å². The highest BCUT2D eigenvalue weighted by atomic mass is 16.5. The summed E-state index contributed by atoms with van der Waals surface area (Å²) in [6.07, 6.45) is 0.0409. The normalized spacial score (nSPS) is 8.20. The molecule has 1 N–H and O–H groups in total. The summed E-state index contributed by atoms with van der Waals surface area (Å²) < 4.78 is 4.14. The number of methoxy groups -OCH3 is 1. The SMILES string of the molecule is C=C(C(=O)OC)N(O)C=O. The third kappa shape index (κ3) is 1.87. The maximum absolute atomic E-state index is 10.4. The first kappa shape index (κ1) is 8.64. The first-order valence-corrected chi connectivity index (χ1v) is 2.34. The van der Waals surface area contributed by atoms with Gasteiger partial charge in [0.2, 0.25) is 6.41 Å². The minimum atomic E-state index is -0.852. The van der Waals surface area contributed by atoms with E-state index in [-0.39, 0.29) is 11.5 Å². The van der Waals surface area contributed by atoms with Crippen molar-refractivity contribution in [3.63, 3.8) is 0 Å². The Bertz CT molecular complexity index is 165. The number of hydroxylamine groups is 2. The van der Waals surface area contributed by atoms with Crippen LogP contribution < -0.4 is 0 Å². The average molecular weight is 145 g/mol. The summed E-state index contributed by atoms with van der Waals surface area (Å²) in [6, 6.07) is 0. The summed E-state index contributed by atoms with van der Waals surface area (Å²) in [4.78, 5) is 20.2. The van der Waals surface area contributed by atoms with Crippen molar-refractivity contribution in [3.8, 4) is 0 Å². The van der Waals surface area contributed by atoms with Crippen LogP contribution in [0, 0.1) is 0 Å². The van der Waals surface area contributed by atoms with Gasteiger partial charge in [0.15, 0.2) is 0 Å². The molecule has 0 aliphatic carbocycles. The molecule has 5 heteroatoms. The molecular formula is C5H7NO4. The second-order valence-electron chi connectivity index (χ2n) is 1.39. The number of rotatable bonds is 3. The molecule has 0 rings (SSSR count). The zero-order chi connectivity index (χ0) is 8.15. The van der Waals surface area contributed by atoms with E-state index in [1.165, 1.54) is 0 Å². The zero-order valence-corrected chi connectivity index (χ0v) is 5.40. The molecule has 0 fully saturated rings. The molecule has 5 nitrogen and oxygen atoms in total. The third-order valence-electron chi connectivity index (χ3n) is 0.797. The van der Waals surface area contributed by atoms with Gasteiger partial charge in [-0.05, 0) is 0 Å². The molecule has 0 saturated carbocycles. The summed E-state index contributed by atoms with van der Waals surface area (Å²) in [7, 11) is 1.12. The molecule has 0 radical (unpaired) electrons. The number of carbonyl (C=O) groups excluding carboxylic acids is 2. The fraction of sp³-hybridized carbons (Fsp3) is 0.200. The molecule has 10 heavy (non-hydrogen) atoms. The van der Waals surface area contributed by atoms with Gasteiger partial charge >= 0.3 is 5.97 Å². The van der Waals surface area contributed by atoms with E-state index in [1.54, 1.807) is 0 Å². The Labute approximate surface area is 57.5 Å².